The maximum atomic E-state index is 9.88. The molecule has 0 aliphatic heterocycles. The van der Waals surface area contributed by atoms with Crippen molar-refractivity contribution in [2.45, 2.75) is 18.6 Å². The highest BCUT2D eigenvalue weighted by Gasteiger charge is 2.18. The van der Waals surface area contributed by atoms with E-state index >= 15 is 0 Å². The molecule has 0 aliphatic rings. The number of aliphatic hydroxyl groups is 2. The Morgan fingerprint density at radius 3 is 2.67 bits per heavy atom. The van der Waals surface area contributed by atoms with Crippen molar-refractivity contribution in [2.24, 2.45) is 5.11 Å². The van der Waals surface area contributed by atoms with E-state index in [2.05, 4.69) is 15.0 Å². The van der Waals surface area contributed by atoms with Crippen molar-refractivity contribution >= 4 is 5.82 Å². The van der Waals surface area contributed by atoms with Gasteiger partial charge in [-0.25, -0.2) is 4.98 Å². The van der Waals surface area contributed by atoms with Crippen LogP contribution in [0.15, 0.2) is 23.4 Å². The molecule has 0 spiro atoms. The van der Waals surface area contributed by atoms with E-state index in [1.165, 1.54) is 6.20 Å². The normalized spacial score (nSPS) is 13.6. The third-order valence-corrected chi connectivity index (χ3v) is 2.52. The summed E-state index contributed by atoms with van der Waals surface area (Å²) in [6.07, 6.45) is -0.262. The van der Waals surface area contributed by atoms with E-state index in [0.29, 0.717) is 5.56 Å². The quantitative estimate of drug-likeness (QED) is 0.450. The minimum absolute atomic E-state index is 0.151. The van der Waals surface area contributed by atoms with Crippen LogP contribution in [0.25, 0.3) is 10.4 Å². The highest BCUT2D eigenvalue weighted by atomic mass is 16.3. The maximum Gasteiger partial charge on any atom is 0.127 e. The summed E-state index contributed by atoms with van der Waals surface area (Å²) >= 11 is 0. The standard InChI is InChI=1S/C11H17N5O2/c1-16(2)10-4-3-8(7-13-10)11(18)9(17)5-6-14-15-12/h3-4,7,9,11,17-18H,5-6H2,1-2H3. The molecular weight excluding hydrogens is 234 g/mol. The first kappa shape index (κ1) is 14.2. The molecule has 98 valence electrons. The Labute approximate surface area is 105 Å². The summed E-state index contributed by atoms with van der Waals surface area (Å²) in [5.41, 5.74) is 8.65. The van der Waals surface area contributed by atoms with Crippen molar-refractivity contribution in [1.29, 1.82) is 0 Å². The second-order valence-corrected chi connectivity index (χ2v) is 4.10. The van der Waals surface area contributed by atoms with Gasteiger partial charge in [0.15, 0.2) is 0 Å². The van der Waals surface area contributed by atoms with E-state index in [-0.39, 0.29) is 13.0 Å². The number of anilines is 1. The monoisotopic (exact) mass is 251 g/mol. The summed E-state index contributed by atoms with van der Waals surface area (Å²) in [6.45, 7) is 0.151. The Morgan fingerprint density at radius 1 is 1.44 bits per heavy atom. The Kier molecular flexibility index (Phi) is 5.38. The van der Waals surface area contributed by atoms with Gasteiger partial charge in [-0.05, 0) is 18.0 Å². The van der Waals surface area contributed by atoms with Gasteiger partial charge < -0.3 is 15.1 Å². The number of aromatic nitrogens is 1. The van der Waals surface area contributed by atoms with Crippen LogP contribution in [0.2, 0.25) is 0 Å². The summed E-state index contributed by atoms with van der Waals surface area (Å²) in [4.78, 5) is 8.58. The maximum absolute atomic E-state index is 9.88. The lowest BCUT2D eigenvalue weighted by Gasteiger charge is -2.18. The van der Waals surface area contributed by atoms with Crippen LogP contribution in [0.1, 0.15) is 18.1 Å². The van der Waals surface area contributed by atoms with Gasteiger partial charge in [0, 0.05) is 37.3 Å². The lowest BCUT2D eigenvalue weighted by molar-refractivity contribution is 0.0148. The molecule has 0 amide bonds. The fraction of sp³-hybridized carbons (Fsp3) is 0.545. The molecule has 0 radical (unpaired) electrons. The predicted molar refractivity (Wildman–Crippen MR) is 68.2 cm³/mol. The number of rotatable bonds is 6. The van der Waals surface area contributed by atoms with Gasteiger partial charge in [0.2, 0.25) is 0 Å². The van der Waals surface area contributed by atoms with Crippen molar-refractivity contribution in [1.82, 2.24) is 4.98 Å². The summed E-state index contributed by atoms with van der Waals surface area (Å²) < 4.78 is 0. The average molecular weight is 251 g/mol. The zero-order chi connectivity index (χ0) is 13.5. The largest absolute Gasteiger partial charge is 0.390 e. The molecule has 7 nitrogen and oxygen atoms in total. The molecule has 1 aromatic heterocycles. The van der Waals surface area contributed by atoms with Gasteiger partial charge in [0.25, 0.3) is 0 Å². The van der Waals surface area contributed by atoms with E-state index in [4.69, 9.17) is 5.53 Å². The molecule has 1 aromatic rings. The van der Waals surface area contributed by atoms with Gasteiger partial charge in [-0.1, -0.05) is 11.2 Å². The summed E-state index contributed by atoms with van der Waals surface area (Å²) in [5.74, 6) is 0.773. The summed E-state index contributed by atoms with van der Waals surface area (Å²) in [5, 5.41) is 22.9. The Bertz CT molecular complexity index is 414. The van der Waals surface area contributed by atoms with Crippen LogP contribution in [0.3, 0.4) is 0 Å². The van der Waals surface area contributed by atoms with Gasteiger partial charge in [-0.2, -0.15) is 0 Å². The molecule has 1 heterocycles. The molecule has 2 N–H and O–H groups in total. The molecule has 2 atom stereocenters. The van der Waals surface area contributed by atoms with Gasteiger partial charge >= 0.3 is 0 Å². The number of hydrogen-bond donors (Lipinski definition) is 2. The molecular formula is C11H17N5O2. The van der Waals surface area contributed by atoms with E-state index in [1.807, 2.05) is 19.0 Å². The third kappa shape index (κ3) is 3.89. The van der Waals surface area contributed by atoms with E-state index < -0.39 is 12.2 Å². The van der Waals surface area contributed by atoms with Crippen LogP contribution in [-0.2, 0) is 0 Å². The lowest BCUT2D eigenvalue weighted by Crippen LogP contribution is -2.19. The highest BCUT2D eigenvalue weighted by Crippen LogP contribution is 2.19. The zero-order valence-electron chi connectivity index (χ0n) is 10.4. The zero-order valence-corrected chi connectivity index (χ0v) is 10.4. The first-order chi connectivity index (χ1) is 8.56. The molecule has 0 aliphatic carbocycles. The van der Waals surface area contributed by atoms with Crippen molar-refractivity contribution in [2.75, 3.05) is 25.5 Å². The Morgan fingerprint density at radius 2 is 2.17 bits per heavy atom. The van der Waals surface area contributed by atoms with Crippen LogP contribution in [0.5, 0.6) is 0 Å². The number of pyridine rings is 1. The minimum Gasteiger partial charge on any atom is -0.390 e. The van der Waals surface area contributed by atoms with Crippen LogP contribution in [-0.4, -0.2) is 41.9 Å². The van der Waals surface area contributed by atoms with Crippen molar-refractivity contribution in [3.05, 3.63) is 34.3 Å². The molecule has 0 saturated heterocycles. The predicted octanol–water partition coefficient (Wildman–Crippen LogP) is 1.24. The lowest BCUT2D eigenvalue weighted by atomic mass is 10.0. The second-order valence-electron chi connectivity index (χ2n) is 4.10. The van der Waals surface area contributed by atoms with Crippen molar-refractivity contribution in [3.8, 4) is 0 Å². The summed E-state index contributed by atoms with van der Waals surface area (Å²) in [7, 11) is 3.74. The molecule has 0 fully saturated rings. The second kappa shape index (κ2) is 6.80. The third-order valence-electron chi connectivity index (χ3n) is 2.52. The number of aliphatic hydroxyl groups excluding tert-OH is 2. The Balaban J connectivity index is 2.65. The Hall–Kier alpha value is -1.82. The number of azide groups is 1. The van der Waals surface area contributed by atoms with Crippen LogP contribution >= 0.6 is 0 Å². The fourth-order valence-corrected chi connectivity index (χ4v) is 1.45. The SMILES string of the molecule is CN(C)c1ccc(C(O)C(O)CCN=[N+]=[N-])cn1. The molecule has 7 heteroatoms. The molecule has 2 unspecified atom stereocenters. The number of hydrogen-bond acceptors (Lipinski definition) is 5. The summed E-state index contributed by atoms with van der Waals surface area (Å²) in [6, 6.07) is 3.47. The van der Waals surface area contributed by atoms with E-state index in [9.17, 15) is 10.2 Å². The first-order valence-corrected chi connectivity index (χ1v) is 5.56. The molecule has 0 saturated carbocycles. The smallest absolute Gasteiger partial charge is 0.127 e. The van der Waals surface area contributed by atoms with Gasteiger partial charge in [0.05, 0.1) is 6.10 Å². The van der Waals surface area contributed by atoms with Crippen LogP contribution < -0.4 is 4.90 Å². The minimum atomic E-state index is -1.03. The van der Waals surface area contributed by atoms with Crippen LogP contribution in [0, 0.1) is 0 Å². The topological polar surface area (TPSA) is 105 Å². The fourth-order valence-electron chi connectivity index (χ4n) is 1.45. The number of nitrogens with zero attached hydrogens (tertiary/aromatic N) is 5. The van der Waals surface area contributed by atoms with E-state index in [1.54, 1.807) is 12.1 Å². The van der Waals surface area contributed by atoms with Gasteiger partial charge in [-0.15, -0.1) is 0 Å². The average Bonchev–Trinajstić information content (AvgIpc) is 2.38. The molecule has 0 aromatic carbocycles. The highest BCUT2D eigenvalue weighted by molar-refractivity contribution is 5.37. The van der Waals surface area contributed by atoms with Crippen molar-refractivity contribution in [3.63, 3.8) is 0 Å². The first-order valence-electron chi connectivity index (χ1n) is 5.56. The van der Waals surface area contributed by atoms with Gasteiger partial charge in [-0.3, -0.25) is 0 Å². The van der Waals surface area contributed by atoms with E-state index in [0.717, 1.165) is 5.82 Å². The van der Waals surface area contributed by atoms with Gasteiger partial charge in [0.1, 0.15) is 11.9 Å². The molecule has 18 heavy (non-hydrogen) atoms. The van der Waals surface area contributed by atoms with Crippen LogP contribution in [0.4, 0.5) is 5.82 Å². The molecule has 0 bridgehead atoms. The van der Waals surface area contributed by atoms with Crippen molar-refractivity contribution < 1.29 is 10.2 Å². The molecule has 1 rings (SSSR count).